The van der Waals surface area contributed by atoms with Crippen molar-refractivity contribution in [1.29, 1.82) is 0 Å². The molecule has 0 saturated carbocycles. The fourth-order valence-electron chi connectivity index (χ4n) is 3.70. The first kappa shape index (κ1) is 18.3. The molecule has 1 aromatic carbocycles. The number of fused-ring (bicyclic) bond motifs is 1. The van der Waals surface area contributed by atoms with Crippen LogP contribution in [0, 0.1) is 6.92 Å². The van der Waals surface area contributed by atoms with Gasteiger partial charge in [-0.25, -0.2) is 9.97 Å². The summed E-state index contributed by atoms with van der Waals surface area (Å²) in [6.07, 6.45) is 2.25. The van der Waals surface area contributed by atoms with E-state index in [1.54, 1.807) is 18.4 Å². The van der Waals surface area contributed by atoms with Crippen molar-refractivity contribution >= 4 is 27.4 Å². The minimum Gasteiger partial charge on any atom is -0.383 e. The molecule has 3 heterocycles. The van der Waals surface area contributed by atoms with E-state index in [0.717, 1.165) is 60.9 Å². The smallest absolute Gasteiger partial charge is 0.139 e. The van der Waals surface area contributed by atoms with Gasteiger partial charge in [-0.3, -0.25) is 0 Å². The molecule has 4 rings (SSSR count). The Morgan fingerprint density at radius 1 is 1.19 bits per heavy atom. The SMILES string of the molecule is COCCN1CCC(Nc2nc(C)nc3scc(-c4ccccc4)c23)CC1. The van der Waals surface area contributed by atoms with E-state index in [1.807, 2.05) is 6.92 Å². The number of hydrogen-bond donors (Lipinski definition) is 1. The number of anilines is 1. The van der Waals surface area contributed by atoms with Crippen LogP contribution in [0.5, 0.6) is 0 Å². The Balaban J connectivity index is 1.58. The molecule has 1 aliphatic rings. The molecule has 0 unspecified atom stereocenters. The van der Waals surface area contributed by atoms with Gasteiger partial charge in [-0.1, -0.05) is 30.3 Å². The van der Waals surface area contributed by atoms with Crippen LogP contribution in [-0.4, -0.2) is 54.3 Å². The summed E-state index contributed by atoms with van der Waals surface area (Å²) >= 11 is 1.70. The second kappa shape index (κ2) is 8.33. The lowest BCUT2D eigenvalue weighted by atomic mass is 10.0. The van der Waals surface area contributed by atoms with Crippen molar-refractivity contribution in [3.8, 4) is 11.1 Å². The minimum absolute atomic E-state index is 0.449. The van der Waals surface area contributed by atoms with E-state index in [0.29, 0.717) is 6.04 Å². The summed E-state index contributed by atoms with van der Waals surface area (Å²) in [6.45, 7) is 5.99. The quantitative estimate of drug-likeness (QED) is 0.693. The highest BCUT2D eigenvalue weighted by Gasteiger charge is 2.21. The monoisotopic (exact) mass is 382 g/mol. The van der Waals surface area contributed by atoms with Gasteiger partial charge in [0.15, 0.2) is 0 Å². The highest BCUT2D eigenvalue weighted by atomic mass is 32.1. The number of likely N-dealkylation sites (tertiary alicyclic amines) is 1. The molecule has 1 aliphatic heterocycles. The van der Waals surface area contributed by atoms with E-state index < -0.39 is 0 Å². The molecular weight excluding hydrogens is 356 g/mol. The highest BCUT2D eigenvalue weighted by molar-refractivity contribution is 7.17. The maximum absolute atomic E-state index is 5.20. The molecule has 1 fully saturated rings. The Bertz CT molecular complexity index is 888. The van der Waals surface area contributed by atoms with Crippen molar-refractivity contribution in [1.82, 2.24) is 14.9 Å². The standard InChI is InChI=1S/C21H26N4OS/c1-15-22-20(24-17-8-10-25(11-9-17)12-13-26-2)19-18(14-27-21(19)23-15)16-6-4-3-5-7-16/h3-7,14,17H,8-13H2,1-2H3,(H,22,23,24). The maximum Gasteiger partial charge on any atom is 0.139 e. The topological polar surface area (TPSA) is 50.3 Å². The number of hydrogen-bond acceptors (Lipinski definition) is 6. The van der Waals surface area contributed by atoms with E-state index in [9.17, 15) is 0 Å². The van der Waals surface area contributed by atoms with E-state index in [1.165, 1.54) is 11.1 Å². The van der Waals surface area contributed by atoms with Gasteiger partial charge < -0.3 is 15.0 Å². The fourth-order valence-corrected chi connectivity index (χ4v) is 4.69. The average Bonchev–Trinajstić information content (AvgIpc) is 3.12. The molecule has 0 bridgehead atoms. The first-order valence-corrected chi connectivity index (χ1v) is 10.4. The van der Waals surface area contributed by atoms with Gasteiger partial charge in [-0.2, -0.15) is 0 Å². The van der Waals surface area contributed by atoms with Crippen LogP contribution < -0.4 is 5.32 Å². The largest absolute Gasteiger partial charge is 0.383 e. The summed E-state index contributed by atoms with van der Waals surface area (Å²) in [5, 5.41) is 7.09. The molecule has 5 nitrogen and oxygen atoms in total. The summed E-state index contributed by atoms with van der Waals surface area (Å²) < 4.78 is 5.20. The summed E-state index contributed by atoms with van der Waals surface area (Å²) in [4.78, 5) is 13.0. The second-order valence-electron chi connectivity index (χ2n) is 7.07. The zero-order valence-corrected chi connectivity index (χ0v) is 16.8. The van der Waals surface area contributed by atoms with Gasteiger partial charge in [0.2, 0.25) is 0 Å². The van der Waals surface area contributed by atoms with Crippen LogP contribution in [0.4, 0.5) is 5.82 Å². The lowest BCUT2D eigenvalue weighted by molar-refractivity contribution is 0.132. The summed E-state index contributed by atoms with van der Waals surface area (Å²) in [6, 6.07) is 11.0. The summed E-state index contributed by atoms with van der Waals surface area (Å²) in [5.74, 6) is 1.80. The van der Waals surface area contributed by atoms with Gasteiger partial charge in [-0.15, -0.1) is 11.3 Å². The van der Waals surface area contributed by atoms with Crippen molar-refractivity contribution in [2.45, 2.75) is 25.8 Å². The molecule has 0 aliphatic carbocycles. The van der Waals surface area contributed by atoms with E-state index in [2.05, 4.69) is 50.9 Å². The Kier molecular flexibility index (Phi) is 5.66. The number of nitrogens with one attached hydrogen (secondary N) is 1. The Morgan fingerprint density at radius 3 is 2.70 bits per heavy atom. The number of nitrogens with zero attached hydrogens (tertiary/aromatic N) is 3. The lowest BCUT2D eigenvalue weighted by Gasteiger charge is -2.32. The lowest BCUT2D eigenvalue weighted by Crippen LogP contribution is -2.40. The number of piperidine rings is 1. The molecule has 2 aromatic heterocycles. The first-order chi connectivity index (χ1) is 13.2. The predicted octanol–water partition coefficient (Wildman–Crippen LogP) is 4.19. The van der Waals surface area contributed by atoms with E-state index in [4.69, 9.17) is 9.72 Å². The number of ether oxygens (including phenoxy) is 1. The van der Waals surface area contributed by atoms with Gasteiger partial charge >= 0.3 is 0 Å². The number of aromatic nitrogens is 2. The van der Waals surface area contributed by atoms with E-state index >= 15 is 0 Å². The fraction of sp³-hybridized carbons (Fsp3) is 0.429. The number of rotatable bonds is 6. The van der Waals surface area contributed by atoms with Gasteiger partial charge in [0, 0.05) is 43.7 Å². The zero-order chi connectivity index (χ0) is 18.6. The molecule has 0 radical (unpaired) electrons. The molecule has 27 heavy (non-hydrogen) atoms. The first-order valence-electron chi connectivity index (χ1n) is 9.53. The highest BCUT2D eigenvalue weighted by Crippen LogP contribution is 2.37. The number of aryl methyl sites for hydroxylation is 1. The molecule has 0 spiro atoms. The normalized spacial score (nSPS) is 16.1. The van der Waals surface area contributed by atoms with Crippen LogP contribution in [0.3, 0.4) is 0 Å². The van der Waals surface area contributed by atoms with E-state index in [-0.39, 0.29) is 0 Å². The Hall–Kier alpha value is -2.02. The molecule has 3 aromatic rings. The van der Waals surface area contributed by atoms with Crippen molar-refractivity contribution in [3.63, 3.8) is 0 Å². The zero-order valence-electron chi connectivity index (χ0n) is 15.9. The maximum atomic E-state index is 5.20. The van der Waals surface area contributed by atoms with Crippen LogP contribution in [0.2, 0.25) is 0 Å². The Morgan fingerprint density at radius 2 is 1.96 bits per heavy atom. The number of methoxy groups -OCH3 is 1. The molecule has 142 valence electrons. The third kappa shape index (κ3) is 4.13. The van der Waals surface area contributed by atoms with Crippen molar-refractivity contribution in [2.75, 3.05) is 38.7 Å². The third-order valence-corrected chi connectivity index (χ3v) is 6.04. The molecule has 6 heteroatoms. The van der Waals surface area contributed by atoms with Crippen LogP contribution in [-0.2, 0) is 4.74 Å². The van der Waals surface area contributed by atoms with Gasteiger partial charge in [0.25, 0.3) is 0 Å². The van der Waals surface area contributed by atoms with Gasteiger partial charge in [0.05, 0.1) is 12.0 Å². The molecule has 1 N–H and O–H groups in total. The summed E-state index contributed by atoms with van der Waals surface area (Å²) in [5.41, 5.74) is 2.43. The van der Waals surface area contributed by atoms with Crippen molar-refractivity contribution < 1.29 is 4.74 Å². The Labute approximate surface area is 164 Å². The van der Waals surface area contributed by atoms with Crippen molar-refractivity contribution in [3.05, 3.63) is 41.5 Å². The predicted molar refractivity (Wildman–Crippen MR) is 113 cm³/mol. The third-order valence-electron chi connectivity index (χ3n) is 5.17. The average molecular weight is 383 g/mol. The van der Waals surface area contributed by atoms with Gasteiger partial charge in [0.1, 0.15) is 16.5 Å². The molecular formula is C21H26N4OS. The van der Waals surface area contributed by atoms with Crippen LogP contribution in [0.15, 0.2) is 35.7 Å². The molecule has 0 amide bonds. The van der Waals surface area contributed by atoms with Crippen LogP contribution >= 0.6 is 11.3 Å². The second-order valence-corrected chi connectivity index (χ2v) is 7.93. The number of thiophene rings is 1. The summed E-state index contributed by atoms with van der Waals surface area (Å²) in [7, 11) is 1.77. The van der Waals surface area contributed by atoms with Crippen LogP contribution in [0.25, 0.3) is 21.3 Å². The van der Waals surface area contributed by atoms with Crippen molar-refractivity contribution in [2.24, 2.45) is 0 Å². The number of benzene rings is 1. The minimum atomic E-state index is 0.449. The molecule has 0 atom stereocenters. The van der Waals surface area contributed by atoms with Crippen LogP contribution in [0.1, 0.15) is 18.7 Å². The molecule has 1 saturated heterocycles. The van der Waals surface area contributed by atoms with Gasteiger partial charge in [-0.05, 0) is 25.3 Å².